The molecule has 0 saturated heterocycles. The zero-order chi connectivity index (χ0) is 14.1. The second kappa shape index (κ2) is 5.16. The SMILES string of the molecule is CC(C)(C)CCNCc1cccc2c1OC(C)(C)C2. The molecule has 2 rings (SSSR count). The highest BCUT2D eigenvalue weighted by Crippen LogP contribution is 2.37. The first-order valence-electron chi connectivity index (χ1n) is 7.27. The molecule has 1 aliphatic rings. The molecule has 106 valence electrons. The Morgan fingerprint density at radius 3 is 2.68 bits per heavy atom. The highest BCUT2D eigenvalue weighted by molar-refractivity contribution is 5.45. The second-order valence-electron chi connectivity index (χ2n) is 7.43. The number of para-hydroxylation sites is 1. The van der Waals surface area contributed by atoms with Crippen LogP contribution in [0.1, 0.15) is 52.2 Å². The van der Waals surface area contributed by atoms with Crippen LogP contribution in [0.25, 0.3) is 0 Å². The summed E-state index contributed by atoms with van der Waals surface area (Å²) in [5, 5.41) is 3.54. The van der Waals surface area contributed by atoms with Gasteiger partial charge in [0.15, 0.2) is 0 Å². The zero-order valence-corrected chi connectivity index (χ0v) is 13.0. The van der Waals surface area contributed by atoms with Crippen LogP contribution in [-0.4, -0.2) is 12.1 Å². The monoisotopic (exact) mass is 261 g/mol. The highest BCUT2D eigenvalue weighted by Gasteiger charge is 2.31. The largest absolute Gasteiger partial charge is 0.487 e. The maximum absolute atomic E-state index is 6.08. The molecule has 2 nitrogen and oxygen atoms in total. The van der Waals surface area contributed by atoms with Gasteiger partial charge in [0.05, 0.1) is 0 Å². The normalized spacial score (nSPS) is 17.1. The van der Waals surface area contributed by atoms with E-state index in [4.69, 9.17) is 4.74 Å². The van der Waals surface area contributed by atoms with E-state index in [2.05, 4.69) is 58.1 Å². The van der Waals surface area contributed by atoms with Crippen LogP contribution in [0.2, 0.25) is 0 Å². The van der Waals surface area contributed by atoms with Crippen LogP contribution in [-0.2, 0) is 13.0 Å². The molecule has 19 heavy (non-hydrogen) atoms. The van der Waals surface area contributed by atoms with E-state index >= 15 is 0 Å². The Labute approximate surface area is 117 Å². The molecule has 0 radical (unpaired) electrons. The standard InChI is InChI=1S/C17H27NO/c1-16(2,3)9-10-18-12-14-8-6-7-13-11-17(4,5)19-15(13)14/h6-8,18H,9-12H2,1-5H3. The average molecular weight is 261 g/mol. The molecule has 0 amide bonds. The lowest BCUT2D eigenvalue weighted by Gasteiger charge is -2.19. The van der Waals surface area contributed by atoms with Gasteiger partial charge < -0.3 is 10.1 Å². The Morgan fingerprint density at radius 1 is 1.26 bits per heavy atom. The van der Waals surface area contributed by atoms with E-state index in [-0.39, 0.29) is 5.60 Å². The van der Waals surface area contributed by atoms with Gasteiger partial charge in [0.2, 0.25) is 0 Å². The smallest absolute Gasteiger partial charge is 0.127 e. The Kier molecular flexibility index (Phi) is 3.91. The fourth-order valence-corrected chi connectivity index (χ4v) is 2.51. The number of hydrogen-bond acceptors (Lipinski definition) is 2. The Bertz CT molecular complexity index is 443. The molecule has 0 aliphatic carbocycles. The van der Waals surface area contributed by atoms with Crippen molar-refractivity contribution >= 4 is 0 Å². The third-order valence-electron chi connectivity index (χ3n) is 3.54. The van der Waals surface area contributed by atoms with Crippen molar-refractivity contribution in [3.05, 3.63) is 29.3 Å². The minimum atomic E-state index is -0.0517. The Morgan fingerprint density at radius 2 is 2.00 bits per heavy atom. The van der Waals surface area contributed by atoms with E-state index in [1.807, 2.05) is 0 Å². The van der Waals surface area contributed by atoms with E-state index in [1.165, 1.54) is 17.5 Å². The van der Waals surface area contributed by atoms with Crippen molar-refractivity contribution in [2.24, 2.45) is 5.41 Å². The minimum absolute atomic E-state index is 0.0517. The first-order chi connectivity index (χ1) is 8.77. The van der Waals surface area contributed by atoms with Gasteiger partial charge in [0.1, 0.15) is 11.4 Å². The molecule has 0 atom stereocenters. The lowest BCUT2D eigenvalue weighted by Crippen LogP contribution is -2.25. The van der Waals surface area contributed by atoms with Gasteiger partial charge in [-0.3, -0.25) is 0 Å². The summed E-state index contributed by atoms with van der Waals surface area (Å²) in [6.07, 6.45) is 2.20. The fraction of sp³-hybridized carbons (Fsp3) is 0.647. The predicted molar refractivity (Wildman–Crippen MR) is 80.6 cm³/mol. The second-order valence-corrected chi connectivity index (χ2v) is 7.43. The van der Waals surface area contributed by atoms with Crippen LogP contribution in [0.3, 0.4) is 0 Å². The molecule has 0 unspecified atom stereocenters. The van der Waals surface area contributed by atoms with Crippen LogP contribution in [0.4, 0.5) is 0 Å². The summed E-state index contributed by atoms with van der Waals surface area (Å²) < 4.78 is 6.08. The van der Waals surface area contributed by atoms with Gasteiger partial charge in [0.25, 0.3) is 0 Å². The molecule has 0 aromatic heterocycles. The lowest BCUT2D eigenvalue weighted by atomic mass is 9.92. The molecule has 0 fully saturated rings. The van der Waals surface area contributed by atoms with E-state index < -0.39 is 0 Å². The van der Waals surface area contributed by atoms with Crippen LogP contribution < -0.4 is 10.1 Å². The zero-order valence-electron chi connectivity index (χ0n) is 13.0. The van der Waals surface area contributed by atoms with Crippen molar-refractivity contribution in [1.82, 2.24) is 5.32 Å². The molecule has 0 spiro atoms. The molecule has 1 heterocycles. The molecule has 2 heteroatoms. The van der Waals surface area contributed by atoms with E-state index in [1.54, 1.807) is 0 Å². The maximum Gasteiger partial charge on any atom is 0.127 e. The number of rotatable bonds is 4. The average Bonchev–Trinajstić information content (AvgIpc) is 2.57. The summed E-state index contributed by atoms with van der Waals surface area (Å²) in [6, 6.07) is 6.50. The number of benzene rings is 1. The summed E-state index contributed by atoms with van der Waals surface area (Å²) in [4.78, 5) is 0. The highest BCUT2D eigenvalue weighted by atomic mass is 16.5. The van der Waals surface area contributed by atoms with Crippen molar-refractivity contribution in [2.75, 3.05) is 6.54 Å². The van der Waals surface area contributed by atoms with Crippen molar-refractivity contribution in [3.63, 3.8) is 0 Å². The summed E-state index contributed by atoms with van der Waals surface area (Å²) in [6.45, 7) is 13.1. The van der Waals surface area contributed by atoms with Gasteiger partial charge in [-0.2, -0.15) is 0 Å². The number of nitrogens with one attached hydrogen (secondary N) is 1. The van der Waals surface area contributed by atoms with Crippen LogP contribution in [0, 0.1) is 5.41 Å². The molecule has 1 aromatic rings. The van der Waals surface area contributed by atoms with Gasteiger partial charge in [-0.15, -0.1) is 0 Å². The molecule has 1 aromatic carbocycles. The summed E-state index contributed by atoms with van der Waals surface area (Å²) in [5.41, 5.74) is 2.98. The molecular weight excluding hydrogens is 234 g/mol. The van der Waals surface area contributed by atoms with Crippen LogP contribution in [0.15, 0.2) is 18.2 Å². The number of ether oxygens (including phenoxy) is 1. The third-order valence-corrected chi connectivity index (χ3v) is 3.54. The molecule has 1 aliphatic heterocycles. The van der Waals surface area contributed by atoms with E-state index in [9.17, 15) is 0 Å². The lowest BCUT2D eigenvalue weighted by molar-refractivity contribution is 0.137. The third kappa shape index (κ3) is 3.97. The number of hydrogen-bond donors (Lipinski definition) is 1. The topological polar surface area (TPSA) is 21.3 Å². The maximum atomic E-state index is 6.08. The fourth-order valence-electron chi connectivity index (χ4n) is 2.51. The molecular formula is C17H27NO. The quantitative estimate of drug-likeness (QED) is 0.829. The molecule has 0 bridgehead atoms. The first kappa shape index (κ1) is 14.4. The van der Waals surface area contributed by atoms with Gasteiger partial charge in [0, 0.05) is 18.5 Å². The Hall–Kier alpha value is -1.02. The van der Waals surface area contributed by atoms with Gasteiger partial charge in [-0.25, -0.2) is 0 Å². The van der Waals surface area contributed by atoms with Gasteiger partial charge >= 0.3 is 0 Å². The first-order valence-corrected chi connectivity index (χ1v) is 7.27. The van der Waals surface area contributed by atoms with E-state index in [0.29, 0.717) is 5.41 Å². The Balaban J connectivity index is 1.94. The van der Waals surface area contributed by atoms with Crippen LogP contribution in [0.5, 0.6) is 5.75 Å². The van der Waals surface area contributed by atoms with Crippen molar-refractivity contribution in [1.29, 1.82) is 0 Å². The summed E-state index contributed by atoms with van der Waals surface area (Å²) in [5.74, 6) is 1.11. The van der Waals surface area contributed by atoms with Gasteiger partial charge in [-0.05, 0) is 37.8 Å². The minimum Gasteiger partial charge on any atom is -0.487 e. The van der Waals surface area contributed by atoms with Crippen molar-refractivity contribution < 1.29 is 4.74 Å². The van der Waals surface area contributed by atoms with Crippen LogP contribution >= 0.6 is 0 Å². The van der Waals surface area contributed by atoms with Crippen molar-refractivity contribution in [2.45, 2.75) is 59.6 Å². The van der Waals surface area contributed by atoms with Crippen molar-refractivity contribution in [3.8, 4) is 5.75 Å². The van der Waals surface area contributed by atoms with Gasteiger partial charge in [-0.1, -0.05) is 39.0 Å². The predicted octanol–water partition coefficient (Wildman–Crippen LogP) is 3.93. The number of fused-ring (bicyclic) bond motifs is 1. The summed E-state index contributed by atoms with van der Waals surface area (Å²) >= 11 is 0. The molecule has 1 N–H and O–H groups in total. The summed E-state index contributed by atoms with van der Waals surface area (Å²) in [7, 11) is 0. The van der Waals surface area contributed by atoms with E-state index in [0.717, 1.165) is 25.3 Å². The molecule has 0 saturated carbocycles.